The maximum Gasteiger partial charge on any atom is 0.338 e. The van der Waals surface area contributed by atoms with Gasteiger partial charge in [0.15, 0.2) is 6.10 Å². The van der Waals surface area contributed by atoms with Gasteiger partial charge in [0.1, 0.15) is 0 Å². The zero-order valence-corrected chi connectivity index (χ0v) is 18.3. The molecule has 0 saturated carbocycles. The van der Waals surface area contributed by atoms with E-state index in [1.807, 2.05) is 24.3 Å². The summed E-state index contributed by atoms with van der Waals surface area (Å²) in [4.78, 5) is 26.7. The SMILES string of the molecule is CC(OC(=O)c1cccc(S(=O)(=O)N2CCc3ccccc3C2)c1)C(=O)N1CCCC1. The first-order valence-electron chi connectivity index (χ1n) is 10.5. The van der Waals surface area contributed by atoms with Crippen molar-refractivity contribution in [2.24, 2.45) is 0 Å². The summed E-state index contributed by atoms with van der Waals surface area (Å²) < 4.78 is 33.1. The van der Waals surface area contributed by atoms with Gasteiger partial charge in [-0.2, -0.15) is 4.31 Å². The number of amides is 1. The van der Waals surface area contributed by atoms with Crippen LogP contribution in [0.4, 0.5) is 0 Å². The summed E-state index contributed by atoms with van der Waals surface area (Å²) in [5, 5.41) is 0. The van der Waals surface area contributed by atoms with Gasteiger partial charge in [0.05, 0.1) is 10.5 Å². The summed E-state index contributed by atoms with van der Waals surface area (Å²) in [6, 6.07) is 13.6. The van der Waals surface area contributed by atoms with E-state index >= 15 is 0 Å². The van der Waals surface area contributed by atoms with Crippen LogP contribution in [-0.4, -0.2) is 55.2 Å². The first kappa shape index (κ1) is 21.5. The maximum atomic E-state index is 13.2. The van der Waals surface area contributed by atoms with Gasteiger partial charge in [-0.05, 0) is 55.5 Å². The molecule has 2 aromatic carbocycles. The van der Waals surface area contributed by atoms with Crippen LogP contribution in [0.25, 0.3) is 0 Å². The number of benzene rings is 2. The highest BCUT2D eigenvalue weighted by atomic mass is 32.2. The first-order valence-corrected chi connectivity index (χ1v) is 12.0. The minimum atomic E-state index is -3.77. The van der Waals surface area contributed by atoms with E-state index in [1.165, 1.54) is 28.6 Å². The zero-order valence-electron chi connectivity index (χ0n) is 17.5. The van der Waals surface area contributed by atoms with Crippen LogP contribution >= 0.6 is 0 Å². The highest BCUT2D eigenvalue weighted by Crippen LogP contribution is 2.25. The first-order chi connectivity index (χ1) is 14.9. The molecule has 0 bridgehead atoms. The molecule has 0 aliphatic carbocycles. The van der Waals surface area contributed by atoms with Gasteiger partial charge in [-0.1, -0.05) is 30.3 Å². The fraction of sp³-hybridized carbons (Fsp3) is 0.391. The van der Waals surface area contributed by atoms with Gasteiger partial charge in [-0.25, -0.2) is 13.2 Å². The molecule has 8 heteroatoms. The lowest BCUT2D eigenvalue weighted by molar-refractivity contribution is -0.138. The second kappa shape index (κ2) is 8.80. The summed E-state index contributed by atoms with van der Waals surface area (Å²) in [7, 11) is -3.77. The number of rotatable bonds is 5. The summed E-state index contributed by atoms with van der Waals surface area (Å²) in [5.74, 6) is -0.928. The Bertz CT molecular complexity index is 1090. The summed E-state index contributed by atoms with van der Waals surface area (Å²) in [6.07, 6.45) is 1.64. The quantitative estimate of drug-likeness (QED) is 0.665. The molecule has 1 saturated heterocycles. The van der Waals surface area contributed by atoms with Gasteiger partial charge in [-0.3, -0.25) is 4.79 Å². The summed E-state index contributed by atoms with van der Waals surface area (Å²) in [6.45, 7) is 3.58. The molecule has 4 rings (SSSR count). The third-order valence-corrected chi connectivity index (χ3v) is 7.69. The van der Waals surface area contributed by atoms with E-state index in [1.54, 1.807) is 11.8 Å². The average Bonchev–Trinajstić information content (AvgIpc) is 3.33. The van der Waals surface area contributed by atoms with Gasteiger partial charge in [0.2, 0.25) is 10.0 Å². The standard InChI is InChI=1S/C23H26N2O5S/c1-17(22(26)24-12-4-5-13-24)30-23(27)19-9-6-10-21(15-19)31(28,29)25-14-11-18-7-2-3-8-20(18)16-25/h2-3,6-10,15,17H,4-5,11-14,16H2,1H3. The summed E-state index contributed by atoms with van der Waals surface area (Å²) in [5.41, 5.74) is 2.25. The molecule has 1 unspecified atom stereocenters. The van der Waals surface area contributed by atoms with E-state index in [0.717, 1.165) is 24.0 Å². The number of hydrogen-bond donors (Lipinski definition) is 0. The molecule has 1 fully saturated rings. The lowest BCUT2D eigenvalue weighted by atomic mass is 10.0. The third kappa shape index (κ3) is 4.50. The Morgan fingerprint density at radius 2 is 1.68 bits per heavy atom. The normalized spacial score (nSPS) is 17.8. The van der Waals surface area contributed by atoms with Crippen molar-refractivity contribution in [3.63, 3.8) is 0 Å². The number of sulfonamides is 1. The fourth-order valence-corrected chi connectivity index (χ4v) is 5.55. The van der Waals surface area contributed by atoms with Crippen LogP contribution in [0.5, 0.6) is 0 Å². The molecule has 2 heterocycles. The van der Waals surface area contributed by atoms with E-state index in [4.69, 9.17) is 4.74 Å². The third-order valence-electron chi connectivity index (χ3n) is 5.85. The number of fused-ring (bicyclic) bond motifs is 1. The van der Waals surface area contributed by atoms with Crippen molar-refractivity contribution in [2.75, 3.05) is 19.6 Å². The molecule has 7 nitrogen and oxygen atoms in total. The van der Waals surface area contributed by atoms with Crippen LogP contribution in [0.2, 0.25) is 0 Å². The second-order valence-corrected chi connectivity index (χ2v) is 9.90. The molecule has 2 aliphatic rings. The molecule has 0 spiro atoms. The van der Waals surface area contributed by atoms with Crippen molar-refractivity contribution >= 4 is 21.9 Å². The molecule has 0 aromatic heterocycles. The number of esters is 1. The Morgan fingerprint density at radius 1 is 0.968 bits per heavy atom. The number of likely N-dealkylation sites (tertiary alicyclic amines) is 1. The van der Waals surface area contributed by atoms with Crippen molar-refractivity contribution < 1.29 is 22.7 Å². The van der Waals surface area contributed by atoms with Crippen molar-refractivity contribution in [3.05, 3.63) is 65.2 Å². The van der Waals surface area contributed by atoms with E-state index in [2.05, 4.69) is 0 Å². The molecule has 0 N–H and O–H groups in total. The summed E-state index contributed by atoms with van der Waals surface area (Å²) >= 11 is 0. The Kier molecular flexibility index (Phi) is 6.11. The Hall–Kier alpha value is -2.71. The highest BCUT2D eigenvalue weighted by molar-refractivity contribution is 7.89. The molecular weight excluding hydrogens is 416 g/mol. The largest absolute Gasteiger partial charge is 0.449 e. The zero-order chi connectivity index (χ0) is 22.0. The van der Waals surface area contributed by atoms with Gasteiger partial charge in [0.25, 0.3) is 5.91 Å². The molecule has 2 aliphatic heterocycles. The van der Waals surface area contributed by atoms with E-state index in [-0.39, 0.29) is 16.4 Å². The molecule has 2 aromatic rings. The Morgan fingerprint density at radius 3 is 2.42 bits per heavy atom. The predicted octanol–water partition coefficient (Wildman–Crippen LogP) is 2.60. The number of ether oxygens (including phenoxy) is 1. The minimum Gasteiger partial charge on any atom is -0.449 e. The van der Waals surface area contributed by atoms with Crippen molar-refractivity contribution in [1.82, 2.24) is 9.21 Å². The van der Waals surface area contributed by atoms with Gasteiger partial charge in [-0.15, -0.1) is 0 Å². The Balaban J connectivity index is 1.48. The van der Waals surface area contributed by atoms with Crippen LogP contribution in [0.15, 0.2) is 53.4 Å². The van der Waals surface area contributed by atoms with Gasteiger partial charge >= 0.3 is 5.97 Å². The van der Waals surface area contributed by atoms with Crippen LogP contribution in [0, 0.1) is 0 Å². The molecular formula is C23H26N2O5S. The van der Waals surface area contributed by atoms with Crippen LogP contribution < -0.4 is 0 Å². The van der Waals surface area contributed by atoms with Gasteiger partial charge in [0, 0.05) is 26.2 Å². The lowest BCUT2D eigenvalue weighted by Crippen LogP contribution is -2.38. The van der Waals surface area contributed by atoms with Crippen LogP contribution in [-0.2, 0) is 32.5 Å². The van der Waals surface area contributed by atoms with Crippen LogP contribution in [0.3, 0.4) is 0 Å². The monoisotopic (exact) mass is 442 g/mol. The Labute approximate surface area is 182 Å². The molecule has 0 radical (unpaired) electrons. The van der Waals surface area contributed by atoms with E-state index in [0.29, 0.717) is 32.6 Å². The van der Waals surface area contributed by atoms with Crippen molar-refractivity contribution in [1.29, 1.82) is 0 Å². The van der Waals surface area contributed by atoms with Crippen LogP contribution in [0.1, 0.15) is 41.3 Å². The average molecular weight is 443 g/mol. The topological polar surface area (TPSA) is 84.0 Å². The second-order valence-electron chi connectivity index (χ2n) is 7.97. The molecule has 31 heavy (non-hydrogen) atoms. The highest BCUT2D eigenvalue weighted by Gasteiger charge is 2.30. The molecule has 1 atom stereocenters. The fourth-order valence-electron chi connectivity index (χ4n) is 4.08. The van der Waals surface area contributed by atoms with E-state index in [9.17, 15) is 18.0 Å². The minimum absolute atomic E-state index is 0.0415. The van der Waals surface area contributed by atoms with Crippen molar-refractivity contribution in [2.45, 2.75) is 43.7 Å². The maximum absolute atomic E-state index is 13.2. The predicted molar refractivity (Wildman–Crippen MR) is 115 cm³/mol. The lowest BCUT2D eigenvalue weighted by Gasteiger charge is -2.28. The molecule has 1 amide bonds. The molecule has 164 valence electrons. The number of carbonyl (C=O) groups is 2. The number of hydrogen-bond acceptors (Lipinski definition) is 5. The smallest absolute Gasteiger partial charge is 0.338 e. The van der Waals surface area contributed by atoms with Crippen molar-refractivity contribution in [3.8, 4) is 0 Å². The number of nitrogens with zero attached hydrogens (tertiary/aromatic N) is 2. The van der Waals surface area contributed by atoms with E-state index < -0.39 is 22.1 Å². The van der Waals surface area contributed by atoms with Gasteiger partial charge < -0.3 is 9.64 Å². The number of carbonyl (C=O) groups excluding carboxylic acids is 2.